The van der Waals surface area contributed by atoms with Crippen LogP contribution >= 0.6 is 0 Å². The van der Waals surface area contributed by atoms with Crippen LogP contribution in [0.15, 0.2) is 54.7 Å². The van der Waals surface area contributed by atoms with E-state index < -0.39 is 12.3 Å². The minimum absolute atomic E-state index is 0.0535. The van der Waals surface area contributed by atoms with Crippen LogP contribution in [0.3, 0.4) is 0 Å². The van der Waals surface area contributed by atoms with E-state index in [0.29, 0.717) is 27.8 Å². The highest BCUT2D eigenvalue weighted by Gasteiger charge is 2.31. The van der Waals surface area contributed by atoms with Crippen molar-refractivity contribution >= 4 is 28.7 Å². The molecule has 1 aromatic heterocycles. The first-order valence-electron chi connectivity index (χ1n) is 9.00. The van der Waals surface area contributed by atoms with Gasteiger partial charge in [-0.1, -0.05) is 6.07 Å². The molecule has 0 saturated carbocycles. The summed E-state index contributed by atoms with van der Waals surface area (Å²) in [7, 11) is 0. The highest BCUT2D eigenvalue weighted by Crippen LogP contribution is 2.26. The summed E-state index contributed by atoms with van der Waals surface area (Å²) in [6, 6.07) is 11.6. The van der Waals surface area contributed by atoms with E-state index in [1.54, 1.807) is 22.8 Å². The molecule has 4 N–H and O–H groups in total. The highest BCUT2D eigenvalue weighted by atomic mass is 19.4. The monoisotopic (exact) mass is 433 g/mol. The molecule has 0 bridgehead atoms. The van der Waals surface area contributed by atoms with Crippen molar-refractivity contribution in [3.8, 4) is 11.5 Å². The van der Waals surface area contributed by atoms with Crippen LogP contribution in [0.1, 0.15) is 16.1 Å². The number of aromatic nitrogens is 1. The average Bonchev–Trinajstić information content (AvgIpc) is 3.07. The lowest BCUT2D eigenvalue weighted by Gasteiger charge is -2.12. The predicted octanol–water partition coefficient (Wildman–Crippen LogP) is 4.27. The Hall–Kier alpha value is -3.95. The van der Waals surface area contributed by atoms with Crippen molar-refractivity contribution in [1.82, 2.24) is 4.57 Å². The number of carboxylic acids is 1. The Morgan fingerprint density at radius 1 is 1.13 bits per heavy atom. The molecule has 0 spiro atoms. The highest BCUT2D eigenvalue weighted by molar-refractivity contribution is 6.09. The van der Waals surface area contributed by atoms with Crippen molar-refractivity contribution in [3.05, 3.63) is 66.0 Å². The summed E-state index contributed by atoms with van der Waals surface area (Å²) in [4.78, 5) is 11.7. The Labute approximate surface area is 174 Å². The summed E-state index contributed by atoms with van der Waals surface area (Å²) in [5.74, 6) is -1.17. The number of hydrogen-bond donors (Lipinski definition) is 3. The van der Waals surface area contributed by atoms with Gasteiger partial charge in [-0.05, 0) is 48.0 Å². The van der Waals surface area contributed by atoms with Gasteiger partial charge in [0, 0.05) is 28.9 Å². The van der Waals surface area contributed by atoms with Crippen molar-refractivity contribution < 1.29 is 32.5 Å². The van der Waals surface area contributed by atoms with E-state index in [1.165, 1.54) is 24.4 Å². The van der Waals surface area contributed by atoms with Crippen LogP contribution < -0.4 is 15.2 Å². The summed E-state index contributed by atoms with van der Waals surface area (Å²) in [5.41, 5.74) is 7.39. The van der Waals surface area contributed by atoms with Gasteiger partial charge in [-0.25, -0.2) is 4.79 Å². The molecule has 0 unspecified atom stereocenters. The Kier molecular flexibility index (Phi) is 6.19. The zero-order chi connectivity index (χ0) is 22.6. The lowest BCUT2D eigenvalue weighted by atomic mass is 10.1. The van der Waals surface area contributed by atoms with Gasteiger partial charge in [0.05, 0.1) is 6.54 Å². The topological polar surface area (TPSA) is 111 Å². The first-order chi connectivity index (χ1) is 14.7. The van der Waals surface area contributed by atoms with Crippen molar-refractivity contribution in [2.24, 2.45) is 5.73 Å². The molecule has 0 fully saturated rings. The second-order valence-electron chi connectivity index (χ2n) is 6.39. The third-order valence-corrected chi connectivity index (χ3v) is 4.43. The number of hydrogen-bond acceptors (Lipinski definition) is 5. The quantitative estimate of drug-likeness (QED) is 0.460. The normalized spacial score (nSPS) is 12.0. The molecule has 7 nitrogen and oxygen atoms in total. The lowest BCUT2D eigenvalue weighted by molar-refractivity contribution is -0.274. The van der Waals surface area contributed by atoms with Crippen LogP contribution in [-0.4, -0.2) is 34.8 Å². The smallest absolute Gasteiger partial charge is 0.492 e. The van der Waals surface area contributed by atoms with Crippen LogP contribution in [0, 0.1) is 5.41 Å². The van der Waals surface area contributed by atoms with Gasteiger partial charge < -0.3 is 30.3 Å². The molecule has 162 valence electrons. The van der Waals surface area contributed by atoms with Crippen LogP contribution in [0.2, 0.25) is 0 Å². The number of fused-ring (bicyclic) bond motifs is 1. The number of carbonyl (C=O) groups is 1. The summed E-state index contributed by atoms with van der Waals surface area (Å²) >= 11 is 0. The number of nitrogens with zero attached hydrogens (tertiary/aromatic N) is 1. The number of aromatic carboxylic acids is 1. The minimum atomic E-state index is -4.77. The molecule has 0 aliphatic heterocycles. The number of benzene rings is 2. The van der Waals surface area contributed by atoms with Crippen LogP contribution in [-0.2, 0) is 6.54 Å². The summed E-state index contributed by atoms with van der Waals surface area (Å²) in [6.45, 7) is 0.273. The number of carboxylic acid groups (broad SMARTS) is 1. The molecular formula is C21H18F3N3O4. The molecule has 1 heterocycles. The van der Waals surface area contributed by atoms with Crippen molar-refractivity contribution in [1.29, 1.82) is 5.41 Å². The molecule has 0 aliphatic carbocycles. The van der Waals surface area contributed by atoms with Gasteiger partial charge in [0.25, 0.3) is 0 Å². The zero-order valence-electron chi connectivity index (χ0n) is 16.0. The molecule has 0 aliphatic rings. The SMILES string of the molecule is N=C/C(=C\N)c1ccc2c(c1)cc(C(=O)O)n2CCOc1ccc(OC(F)(F)F)cc1. The maximum absolute atomic E-state index is 12.2. The van der Waals surface area contributed by atoms with E-state index in [4.69, 9.17) is 15.9 Å². The van der Waals surface area contributed by atoms with Crippen molar-refractivity contribution in [2.75, 3.05) is 6.61 Å². The number of nitrogens with two attached hydrogens (primary N) is 1. The second-order valence-corrected chi connectivity index (χ2v) is 6.39. The number of alkyl halides is 3. The third-order valence-electron chi connectivity index (χ3n) is 4.43. The first kappa shape index (κ1) is 21.8. The van der Waals surface area contributed by atoms with Gasteiger partial charge in [0.15, 0.2) is 0 Å². The molecule has 0 atom stereocenters. The molecule has 31 heavy (non-hydrogen) atoms. The summed E-state index contributed by atoms with van der Waals surface area (Å²) in [5, 5.41) is 17.6. The van der Waals surface area contributed by atoms with Crippen LogP contribution in [0.4, 0.5) is 13.2 Å². The third kappa shape index (κ3) is 5.16. The molecule has 10 heteroatoms. The molecule has 3 aromatic rings. The molecule has 2 aromatic carbocycles. The Bertz CT molecular complexity index is 1140. The number of allylic oxidation sites excluding steroid dienone is 1. The van der Waals surface area contributed by atoms with E-state index in [-0.39, 0.29) is 24.6 Å². The lowest BCUT2D eigenvalue weighted by Crippen LogP contribution is -2.17. The van der Waals surface area contributed by atoms with E-state index >= 15 is 0 Å². The van der Waals surface area contributed by atoms with E-state index in [2.05, 4.69) is 4.74 Å². The number of halogens is 3. The Morgan fingerprint density at radius 3 is 2.39 bits per heavy atom. The predicted molar refractivity (Wildman–Crippen MR) is 108 cm³/mol. The second kappa shape index (κ2) is 8.82. The fourth-order valence-corrected chi connectivity index (χ4v) is 3.09. The van der Waals surface area contributed by atoms with Crippen molar-refractivity contribution in [2.45, 2.75) is 12.9 Å². The van der Waals surface area contributed by atoms with Gasteiger partial charge in [-0.2, -0.15) is 0 Å². The van der Waals surface area contributed by atoms with Gasteiger partial charge >= 0.3 is 12.3 Å². The summed E-state index contributed by atoms with van der Waals surface area (Å²) in [6.07, 6.45) is -2.37. The van der Waals surface area contributed by atoms with E-state index in [0.717, 1.165) is 18.3 Å². The molecule has 3 rings (SSSR count). The average molecular weight is 433 g/mol. The van der Waals surface area contributed by atoms with Gasteiger partial charge in [0.1, 0.15) is 23.8 Å². The number of rotatable bonds is 8. The molecule has 0 saturated heterocycles. The molecule has 0 amide bonds. The molecule has 0 radical (unpaired) electrons. The van der Waals surface area contributed by atoms with Gasteiger partial charge in [0.2, 0.25) is 0 Å². The molecular weight excluding hydrogens is 415 g/mol. The van der Waals surface area contributed by atoms with Crippen LogP contribution in [0.5, 0.6) is 11.5 Å². The van der Waals surface area contributed by atoms with E-state index in [1.807, 2.05) is 0 Å². The maximum Gasteiger partial charge on any atom is 0.573 e. The Balaban J connectivity index is 1.77. The van der Waals surface area contributed by atoms with Gasteiger partial charge in [-0.15, -0.1) is 13.2 Å². The first-order valence-corrected chi connectivity index (χ1v) is 9.00. The van der Waals surface area contributed by atoms with E-state index in [9.17, 15) is 23.1 Å². The fourth-order valence-electron chi connectivity index (χ4n) is 3.09. The number of nitrogens with one attached hydrogen (secondary N) is 1. The fraction of sp³-hybridized carbons (Fsp3) is 0.143. The van der Waals surface area contributed by atoms with Gasteiger partial charge in [-0.3, -0.25) is 0 Å². The largest absolute Gasteiger partial charge is 0.573 e. The van der Waals surface area contributed by atoms with Crippen molar-refractivity contribution in [3.63, 3.8) is 0 Å². The number of ether oxygens (including phenoxy) is 2. The Morgan fingerprint density at radius 2 is 1.81 bits per heavy atom. The zero-order valence-corrected chi connectivity index (χ0v) is 16.0. The standard InChI is InChI=1S/C21H18F3N3O4/c22-21(23,24)31-17-4-2-16(3-5-17)30-8-7-27-18-6-1-13(15(11-25)12-26)9-14(18)10-19(27)20(28)29/h1-6,9-12,25H,7-8,26H2,(H,28,29)/b15-12+,25-11?. The maximum atomic E-state index is 12.2. The minimum Gasteiger partial charge on any atom is -0.492 e. The summed E-state index contributed by atoms with van der Waals surface area (Å²) < 4.78 is 47.6. The van der Waals surface area contributed by atoms with Crippen LogP contribution in [0.25, 0.3) is 16.5 Å².